The molecule has 9 N–H and O–H groups in total. The molecule has 0 fully saturated rings. The smallest absolute Gasteiger partial charge is 1.00 e. The zero-order valence-corrected chi connectivity index (χ0v) is 9.30. The van der Waals surface area contributed by atoms with E-state index < -0.39 is 10.2 Å². The number of rotatable bonds is 0. The average molecular weight is 246 g/mol. The van der Waals surface area contributed by atoms with Crippen molar-refractivity contribution >= 4 is 37.7 Å². The second kappa shape index (κ2) is 51.6. The molecule has 0 amide bonds. The van der Waals surface area contributed by atoms with E-state index in [1.54, 1.807) is 0 Å². The third kappa shape index (κ3) is 158000. The van der Waals surface area contributed by atoms with Crippen molar-refractivity contribution in [2.45, 2.75) is 0 Å². The first-order valence-corrected chi connectivity index (χ1v) is 1.11. The van der Waals surface area contributed by atoms with Crippen LogP contribution in [0.25, 0.3) is 0 Å². The first-order valence-electron chi connectivity index (χ1n) is 1.11. The Bertz CT molecular complexity index is 84.8. The van der Waals surface area contributed by atoms with Gasteiger partial charge in [0.2, 0.25) is 0 Å². The Morgan fingerprint density at radius 3 is 0.929 bits per heavy atom. The summed E-state index contributed by atoms with van der Waals surface area (Å²) in [6.45, 7) is 0. The van der Waals surface area contributed by atoms with E-state index >= 15 is 0 Å². The molecule has 0 saturated heterocycles. The van der Waals surface area contributed by atoms with Crippen molar-refractivity contribution in [3.05, 3.63) is 25.4 Å². The van der Waals surface area contributed by atoms with Crippen LogP contribution in [0.4, 0.5) is 0 Å². The first-order chi connectivity index (χ1) is 3.46. The third-order valence-electron chi connectivity index (χ3n) is 0. The molecule has 14 heavy (non-hydrogen) atoms. The molecule has 0 unspecified atom stereocenters. The summed E-state index contributed by atoms with van der Waals surface area (Å²) in [5, 5.41) is 28.4. The van der Waals surface area contributed by atoms with E-state index in [0.29, 0.717) is 0 Å². The molecule has 0 aromatic carbocycles. The minimum Gasteiger partial charge on any atom is -1.00 e. The molecule has 14 heteroatoms. The fraction of sp³-hybridized carbons (Fsp3) is 0. The summed E-state index contributed by atoms with van der Waals surface area (Å²) in [5.41, 5.74) is 0. The van der Waals surface area contributed by atoms with Gasteiger partial charge in [-0.25, -0.2) is 0 Å². The van der Waals surface area contributed by atoms with Crippen LogP contribution >= 0.6 is 0 Å². The van der Waals surface area contributed by atoms with Crippen molar-refractivity contribution < 1.29 is 59.0 Å². The zero-order chi connectivity index (χ0) is 7.15. The van der Waals surface area contributed by atoms with Gasteiger partial charge >= 0.3 is 56.6 Å². The van der Waals surface area contributed by atoms with Crippen LogP contribution in [-0.4, -0.2) is 75.0 Å². The summed E-state index contributed by atoms with van der Waals surface area (Å²) in [6, 6.07) is 0. The molecular weight excluding hydrogens is 235 g/mol. The molecule has 0 atom stereocenters. The van der Waals surface area contributed by atoms with Crippen LogP contribution in [-0.2, 0) is 0 Å². The van der Waals surface area contributed by atoms with Gasteiger partial charge in [-0.2, -0.15) is 0 Å². The molecule has 0 aromatic rings. The third-order valence-corrected chi connectivity index (χ3v) is 0. The normalized spacial score (nSPS) is 3.43. The van der Waals surface area contributed by atoms with Gasteiger partial charge in [-0.15, -0.1) is 10.1 Å². The summed E-state index contributed by atoms with van der Waals surface area (Å²) in [7, 11) is 0. The van der Waals surface area contributed by atoms with Crippen molar-refractivity contribution in [1.29, 1.82) is 0 Å². The molecule has 0 aromatic heterocycles. The summed E-state index contributed by atoms with van der Waals surface area (Å²) < 4.78 is 0. The van der Waals surface area contributed by atoms with Crippen molar-refractivity contribution in [3.63, 3.8) is 0 Å². The molecule has 0 radical (unpaired) electrons. The predicted octanol–water partition coefficient (Wildman–Crippen LogP) is -7.04. The average Bonchev–Trinajstić information content (AvgIpc) is 1.25. The molecule has 0 rings (SSSR count). The molecule has 0 aliphatic rings. The van der Waals surface area contributed by atoms with Gasteiger partial charge in [0.1, 0.15) is 0 Å². The van der Waals surface area contributed by atoms with E-state index in [1.807, 2.05) is 0 Å². The van der Waals surface area contributed by atoms with Crippen molar-refractivity contribution in [1.82, 2.24) is 0 Å². The van der Waals surface area contributed by atoms with Gasteiger partial charge in [0.15, 0.2) is 0 Å². The molecule has 0 spiro atoms. The first kappa shape index (κ1) is 65.0. The van der Waals surface area contributed by atoms with Crippen molar-refractivity contribution in [2.24, 2.45) is 0 Å². The summed E-state index contributed by atoms with van der Waals surface area (Å²) >= 11 is 0. The quantitative estimate of drug-likeness (QED) is 0.246. The van der Waals surface area contributed by atoms with E-state index in [2.05, 4.69) is 0 Å². The fourth-order valence-electron chi connectivity index (χ4n) is 0. The van der Waals surface area contributed by atoms with Crippen LogP contribution < -0.4 is 18.9 Å². The van der Waals surface area contributed by atoms with Crippen molar-refractivity contribution in [3.8, 4) is 0 Å². The molecule has 12 nitrogen and oxygen atoms in total. The van der Waals surface area contributed by atoms with E-state index in [9.17, 15) is 0 Å². The second-order valence-corrected chi connectivity index (χ2v) is 0.461. The summed E-state index contributed by atoms with van der Waals surface area (Å²) in [5.74, 6) is 0. The summed E-state index contributed by atoms with van der Waals surface area (Å²) in [4.78, 5) is 16.6. The minimum atomic E-state index is -1.75. The maximum Gasteiger partial charge on any atom is 2.00 e. The molecule has 0 aliphatic heterocycles. The maximum absolute atomic E-state index is 8.36. The van der Waals surface area contributed by atoms with Gasteiger partial charge in [0.05, 0.1) is 5.09 Å². The number of hydrogen-bond acceptors (Lipinski definition) is 5. The Morgan fingerprint density at radius 2 is 0.929 bits per heavy atom. The van der Waals surface area contributed by atoms with Crippen LogP contribution in [0.15, 0.2) is 0 Å². The fourth-order valence-corrected chi connectivity index (χ4v) is 0. The van der Waals surface area contributed by atoms with E-state index in [0.717, 1.165) is 0 Å². The van der Waals surface area contributed by atoms with Crippen LogP contribution in [0.2, 0.25) is 0 Å². The molecular formula is H11CaLiN2O10. The van der Waals surface area contributed by atoms with Gasteiger partial charge in [0, 0.05) is 0 Å². The second-order valence-electron chi connectivity index (χ2n) is 0.461. The predicted molar refractivity (Wildman–Crippen MR) is 41.6 cm³/mol. The Hall–Kier alpha value is 0.0971. The van der Waals surface area contributed by atoms with Gasteiger partial charge in [-0.3, -0.25) is 0 Å². The van der Waals surface area contributed by atoms with Gasteiger partial charge in [-0.1, -0.05) is 0 Å². The van der Waals surface area contributed by atoms with E-state index in [1.165, 1.54) is 0 Å². The standard InChI is InChI=1S/Ca.Li.HNO3.NO3.4H2O.2H/c;;2*2-1(3)4;;;;;;/h;;(H,2,3,4);;4*1H2;;/q+2;+1;;-1;;;;;2*-1. The van der Waals surface area contributed by atoms with Gasteiger partial charge < -0.3 is 45.3 Å². The Labute approximate surface area is 121 Å². The Morgan fingerprint density at radius 1 is 0.929 bits per heavy atom. The number of nitrogens with zero attached hydrogens (tertiary/aromatic N) is 2. The zero-order valence-electron chi connectivity index (χ0n) is 9.09. The van der Waals surface area contributed by atoms with E-state index in [-0.39, 0.29) is 81.4 Å². The molecule has 0 saturated carbocycles. The van der Waals surface area contributed by atoms with Gasteiger partial charge in [-0.05, 0) is 0 Å². The Balaban J connectivity index is -0.00000000375. The topological polar surface area (TPSA) is 256 Å². The SMILES string of the molecule is O.O.O.O.O=[N+]([O-])O.O=[N+]([O-])[O-].[Ca+2].[H-].[H-].[Li+]. The summed E-state index contributed by atoms with van der Waals surface area (Å²) in [6.07, 6.45) is 0. The van der Waals surface area contributed by atoms with Crippen LogP contribution in [0.1, 0.15) is 2.85 Å². The number of hydrogen-bond donors (Lipinski definition) is 1. The molecule has 0 aliphatic carbocycles. The van der Waals surface area contributed by atoms with Crippen LogP contribution in [0.3, 0.4) is 0 Å². The largest absolute Gasteiger partial charge is 2.00 e. The van der Waals surface area contributed by atoms with Crippen LogP contribution in [0, 0.1) is 25.4 Å². The van der Waals surface area contributed by atoms with E-state index in [4.69, 9.17) is 30.6 Å². The van der Waals surface area contributed by atoms with Crippen molar-refractivity contribution in [2.75, 3.05) is 0 Å². The minimum absolute atomic E-state index is 0. The maximum atomic E-state index is 8.36. The van der Waals surface area contributed by atoms with Gasteiger partial charge in [0.25, 0.3) is 5.09 Å². The molecule has 0 bridgehead atoms. The molecule has 0 heterocycles. The van der Waals surface area contributed by atoms with Crippen LogP contribution in [0.5, 0.6) is 0 Å². The molecule has 84 valence electrons. The Kier molecular flexibility index (Phi) is 240. The monoisotopic (exact) mass is 246 g/mol.